The fourth-order valence-corrected chi connectivity index (χ4v) is 4.07. The predicted molar refractivity (Wildman–Crippen MR) is 93.3 cm³/mol. The molecule has 1 heterocycles. The van der Waals surface area contributed by atoms with Gasteiger partial charge in [-0.15, -0.1) is 10.2 Å². The molecule has 0 aliphatic carbocycles. The van der Waals surface area contributed by atoms with E-state index in [1.807, 2.05) is 0 Å². The third-order valence-electron chi connectivity index (χ3n) is 3.48. The Labute approximate surface area is 155 Å². The van der Waals surface area contributed by atoms with Crippen LogP contribution < -0.4 is 0 Å². The van der Waals surface area contributed by atoms with E-state index in [0.717, 1.165) is 12.1 Å². The third-order valence-corrected chi connectivity index (χ3v) is 5.56. The van der Waals surface area contributed by atoms with Crippen LogP contribution in [0.4, 0.5) is 8.78 Å². The second kappa shape index (κ2) is 7.25. The number of hydrogen-bond donors (Lipinski definition) is 0. The molecule has 0 saturated heterocycles. The van der Waals surface area contributed by atoms with Gasteiger partial charge in [0.25, 0.3) is 0 Å². The normalized spacial score (nSPS) is 12.2. The molecule has 0 amide bonds. The Morgan fingerprint density at radius 3 is 2.12 bits per heavy atom. The fraction of sp³-hybridized carbons (Fsp3) is 0.0588. The van der Waals surface area contributed by atoms with Gasteiger partial charge in [-0.05, 0) is 43.3 Å². The average Bonchev–Trinajstić information content (AvgIpc) is 2.58. The molecule has 1 atom stereocenters. The molecule has 2 aromatic carbocycles. The summed E-state index contributed by atoms with van der Waals surface area (Å²) in [5.41, 5.74) is -0.198. The highest BCUT2D eigenvalue weighted by molar-refractivity contribution is 7.91. The van der Waals surface area contributed by atoms with Crippen LogP contribution in [-0.4, -0.2) is 14.8 Å². The zero-order valence-corrected chi connectivity index (χ0v) is 15.1. The van der Waals surface area contributed by atoms with Gasteiger partial charge in [-0.3, -0.25) is 0 Å². The smallest absolute Gasteiger partial charge is 0.192 e. The quantitative estimate of drug-likeness (QED) is 0.569. The largest absolute Gasteiger partial charge is 0.606 e. The first kappa shape index (κ1) is 18.1. The molecule has 3 nitrogen and oxygen atoms in total. The Hall–Kier alpha value is -1.73. The van der Waals surface area contributed by atoms with Crippen molar-refractivity contribution in [3.63, 3.8) is 0 Å². The first-order valence-electron chi connectivity index (χ1n) is 7.04. The molecule has 1 aromatic heterocycles. The maximum Gasteiger partial charge on any atom is 0.192 e. The number of aryl methyl sites for hydroxylation is 1. The molecule has 0 fully saturated rings. The summed E-state index contributed by atoms with van der Waals surface area (Å²) in [4.78, 5) is 0.501. The van der Waals surface area contributed by atoms with Gasteiger partial charge in [0.15, 0.2) is 14.9 Å². The van der Waals surface area contributed by atoms with Crippen molar-refractivity contribution in [3.8, 4) is 11.1 Å². The first-order valence-corrected chi connectivity index (χ1v) is 8.95. The van der Waals surface area contributed by atoms with Crippen LogP contribution in [0.2, 0.25) is 10.2 Å². The van der Waals surface area contributed by atoms with Gasteiger partial charge in [0, 0.05) is 16.2 Å². The summed E-state index contributed by atoms with van der Waals surface area (Å²) in [6.07, 6.45) is 0. The Balaban J connectivity index is 2.27. The Morgan fingerprint density at radius 2 is 1.52 bits per heavy atom. The fourth-order valence-electron chi connectivity index (χ4n) is 2.35. The number of rotatable bonds is 3. The van der Waals surface area contributed by atoms with E-state index in [4.69, 9.17) is 23.2 Å². The van der Waals surface area contributed by atoms with Crippen molar-refractivity contribution >= 4 is 34.4 Å². The van der Waals surface area contributed by atoms with Crippen molar-refractivity contribution in [3.05, 3.63) is 70.0 Å². The van der Waals surface area contributed by atoms with Gasteiger partial charge in [-0.25, -0.2) is 8.78 Å². The van der Waals surface area contributed by atoms with Gasteiger partial charge < -0.3 is 4.55 Å². The molecule has 0 N–H and O–H groups in total. The van der Waals surface area contributed by atoms with Gasteiger partial charge >= 0.3 is 0 Å². The molecule has 0 aliphatic heterocycles. The van der Waals surface area contributed by atoms with Gasteiger partial charge in [-0.1, -0.05) is 29.3 Å². The van der Waals surface area contributed by atoms with Gasteiger partial charge in [0.1, 0.15) is 17.3 Å². The summed E-state index contributed by atoms with van der Waals surface area (Å²) in [6, 6.07) is 9.70. The summed E-state index contributed by atoms with van der Waals surface area (Å²) in [6.45, 7) is 1.55. The van der Waals surface area contributed by atoms with Crippen LogP contribution in [0.5, 0.6) is 0 Å². The summed E-state index contributed by atoms with van der Waals surface area (Å²) >= 11 is 10.1. The lowest BCUT2D eigenvalue weighted by Crippen LogP contribution is -2.10. The van der Waals surface area contributed by atoms with E-state index in [9.17, 15) is 13.3 Å². The minimum absolute atomic E-state index is 0.0713. The van der Waals surface area contributed by atoms with E-state index >= 15 is 0 Å². The van der Waals surface area contributed by atoms with Crippen molar-refractivity contribution in [2.24, 2.45) is 0 Å². The molecule has 128 valence electrons. The maximum absolute atomic E-state index is 14.3. The molecule has 3 rings (SSSR count). The number of halogens is 4. The minimum atomic E-state index is -1.78. The lowest BCUT2D eigenvalue weighted by atomic mass is 10.1. The standard InChI is InChI=1S/C17H10Cl2F2N2OS/c1-9-16(25(24)11-7-5-10(18)6-8-11)15(17(19)23-22-9)14-12(20)3-2-4-13(14)21/h2-8H,1H3. The van der Waals surface area contributed by atoms with Crippen molar-refractivity contribution in [2.75, 3.05) is 0 Å². The van der Waals surface area contributed by atoms with Crippen LogP contribution in [0.15, 0.2) is 52.3 Å². The molecule has 0 bridgehead atoms. The van der Waals surface area contributed by atoms with Gasteiger partial charge in [0.2, 0.25) is 0 Å². The SMILES string of the molecule is Cc1nnc(Cl)c(-c2c(F)cccc2F)c1[S+]([O-])c1ccc(Cl)cc1. The van der Waals surface area contributed by atoms with E-state index in [0.29, 0.717) is 9.92 Å². The van der Waals surface area contributed by atoms with Crippen molar-refractivity contribution in [1.82, 2.24) is 10.2 Å². The van der Waals surface area contributed by atoms with Crippen LogP contribution in [0.1, 0.15) is 5.69 Å². The third kappa shape index (κ3) is 3.48. The zero-order valence-electron chi connectivity index (χ0n) is 12.8. The predicted octanol–water partition coefficient (Wildman–Crippen LogP) is 5.20. The minimum Gasteiger partial charge on any atom is -0.606 e. The highest BCUT2D eigenvalue weighted by Gasteiger charge is 2.30. The Bertz CT molecular complexity index is 918. The van der Waals surface area contributed by atoms with Crippen LogP contribution in [0.25, 0.3) is 11.1 Å². The lowest BCUT2D eigenvalue weighted by Gasteiger charge is -2.16. The average molecular weight is 399 g/mol. The van der Waals surface area contributed by atoms with Crippen LogP contribution in [0.3, 0.4) is 0 Å². The molecule has 25 heavy (non-hydrogen) atoms. The molecule has 0 spiro atoms. The maximum atomic E-state index is 14.3. The van der Waals surface area contributed by atoms with E-state index in [1.165, 1.54) is 6.07 Å². The Kier molecular flexibility index (Phi) is 5.24. The number of nitrogens with zero attached hydrogens (tertiary/aromatic N) is 2. The number of benzene rings is 2. The van der Waals surface area contributed by atoms with Crippen molar-refractivity contribution in [1.29, 1.82) is 0 Å². The number of hydrogen-bond acceptors (Lipinski definition) is 3. The molecule has 1 unspecified atom stereocenters. The summed E-state index contributed by atoms with van der Waals surface area (Å²) < 4.78 is 41.6. The van der Waals surface area contributed by atoms with E-state index < -0.39 is 22.8 Å². The molecule has 0 aliphatic rings. The summed E-state index contributed by atoms with van der Waals surface area (Å²) in [5.74, 6) is -1.66. The monoisotopic (exact) mass is 398 g/mol. The highest BCUT2D eigenvalue weighted by Crippen LogP contribution is 2.39. The van der Waals surface area contributed by atoms with Gasteiger partial charge in [0.05, 0.1) is 11.1 Å². The van der Waals surface area contributed by atoms with Crippen molar-refractivity contribution < 1.29 is 13.3 Å². The van der Waals surface area contributed by atoms with E-state index in [2.05, 4.69) is 10.2 Å². The molecular weight excluding hydrogens is 389 g/mol. The molecule has 8 heteroatoms. The highest BCUT2D eigenvalue weighted by atomic mass is 35.5. The second-order valence-electron chi connectivity index (χ2n) is 5.10. The van der Waals surface area contributed by atoms with Crippen molar-refractivity contribution in [2.45, 2.75) is 16.7 Å². The molecular formula is C17H10Cl2F2N2OS. The summed E-state index contributed by atoms with van der Waals surface area (Å²) in [7, 11) is 0. The molecule has 0 saturated carbocycles. The Morgan fingerprint density at radius 1 is 0.920 bits per heavy atom. The topological polar surface area (TPSA) is 48.8 Å². The second-order valence-corrected chi connectivity index (χ2v) is 7.31. The first-order chi connectivity index (χ1) is 11.9. The van der Waals surface area contributed by atoms with Crippen LogP contribution in [-0.2, 0) is 11.2 Å². The molecule has 0 radical (unpaired) electrons. The van der Waals surface area contributed by atoms with E-state index in [-0.39, 0.29) is 26.9 Å². The van der Waals surface area contributed by atoms with Crippen LogP contribution >= 0.6 is 23.2 Å². The van der Waals surface area contributed by atoms with E-state index in [1.54, 1.807) is 31.2 Å². The molecule has 3 aromatic rings. The summed E-state index contributed by atoms with van der Waals surface area (Å²) in [5, 5.41) is 7.80. The lowest BCUT2D eigenvalue weighted by molar-refractivity contribution is 0.585. The number of aromatic nitrogens is 2. The zero-order chi connectivity index (χ0) is 18.1. The van der Waals surface area contributed by atoms with Crippen LogP contribution in [0, 0.1) is 18.6 Å². The van der Waals surface area contributed by atoms with Gasteiger partial charge in [-0.2, -0.15) is 0 Å².